The van der Waals surface area contributed by atoms with Crippen LogP contribution in [0.2, 0.25) is 0 Å². The lowest BCUT2D eigenvalue weighted by atomic mass is 9.83. The normalized spacial score (nSPS) is 22.1. The summed E-state index contributed by atoms with van der Waals surface area (Å²) in [5.74, 6) is -0.128. The standard InChI is InChI=1S/C20H31N3O4/c1-4-27-12-11-21-19(24)15-9-10-18(26-3)17(13-15)23-20(25)22-16-8-6-5-7-14(16)2/h5-8,15,17-18H,4,9-13H2,1-3H3,(H,21,24)(H2,22,23,25)/t15-,17+,18+/m0/s1. The Morgan fingerprint density at radius 3 is 2.70 bits per heavy atom. The second-order valence-electron chi connectivity index (χ2n) is 6.79. The molecule has 1 fully saturated rings. The van der Waals surface area contributed by atoms with E-state index >= 15 is 0 Å². The van der Waals surface area contributed by atoms with E-state index in [1.807, 2.05) is 38.1 Å². The number of amides is 3. The van der Waals surface area contributed by atoms with Gasteiger partial charge in [-0.3, -0.25) is 4.79 Å². The summed E-state index contributed by atoms with van der Waals surface area (Å²) in [5, 5.41) is 8.76. The maximum atomic E-state index is 12.4. The van der Waals surface area contributed by atoms with Crippen molar-refractivity contribution >= 4 is 17.6 Å². The Balaban J connectivity index is 1.89. The number of anilines is 1. The SMILES string of the molecule is CCOCCNC(=O)[C@H]1CC[C@@H](OC)[C@H](NC(=O)Nc2ccccc2C)C1. The highest BCUT2D eigenvalue weighted by atomic mass is 16.5. The summed E-state index contributed by atoms with van der Waals surface area (Å²) >= 11 is 0. The first kappa shape index (κ1) is 21.2. The molecule has 0 heterocycles. The Bertz CT molecular complexity index is 623. The minimum Gasteiger partial charge on any atom is -0.380 e. The number of hydrogen-bond acceptors (Lipinski definition) is 4. The van der Waals surface area contributed by atoms with Gasteiger partial charge in [-0.2, -0.15) is 0 Å². The molecule has 1 saturated carbocycles. The second-order valence-corrected chi connectivity index (χ2v) is 6.79. The van der Waals surface area contributed by atoms with Crippen LogP contribution in [0, 0.1) is 12.8 Å². The monoisotopic (exact) mass is 377 g/mol. The number of hydrogen-bond donors (Lipinski definition) is 3. The molecular weight excluding hydrogens is 346 g/mol. The highest BCUT2D eigenvalue weighted by molar-refractivity contribution is 5.90. The third-order valence-corrected chi connectivity index (χ3v) is 4.92. The summed E-state index contributed by atoms with van der Waals surface area (Å²) in [6.07, 6.45) is 1.94. The Kier molecular flexibility index (Phi) is 8.54. The number of methoxy groups -OCH3 is 1. The molecule has 0 aliphatic heterocycles. The number of carbonyl (C=O) groups excluding carboxylic acids is 2. The van der Waals surface area contributed by atoms with Gasteiger partial charge in [-0.05, 0) is 44.7 Å². The lowest BCUT2D eigenvalue weighted by Crippen LogP contribution is -2.51. The number of rotatable bonds is 8. The van der Waals surface area contributed by atoms with Gasteiger partial charge in [0.1, 0.15) is 0 Å². The van der Waals surface area contributed by atoms with Crippen LogP contribution in [0.5, 0.6) is 0 Å². The average molecular weight is 377 g/mol. The van der Waals surface area contributed by atoms with Crippen molar-refractivity contribution in [3.8, 4) is 0 Å². The number of nitrogens with one attached hydrogen (secondary N) is 3. The van der Waals surface area contributed by atoms with Crippen LogP contribution in [0.1, 0.15) is 31.7 Å². The molecule has 1 aliphatic carbocycles. The van der Waals surface area contributed by atoms with E-state index in [0.717, 1.165) is 24.1 Å². The van der Waals surface area contributed by atoms with Crippen LogP contribution in [-0.2, 0) is 14.3 Å². The third-order valence-electron chi connectivity index (χ3n) is 4.92. The zero-order valence-electron chi connectivity index (χ0n) is 16.4. The van der Waals surface area contributed by atoms with Gasteiger partial charge in [0, 0.05) is 31.9 Å². The molecule has 3 atom stereocenters. The van der Waals surface area contributed by atoms with Gasteiger partial charge in [-0.25, -0.2) is 4.79 Å². The molecule has 1 aromatic carbocycles. The average Bonchev–Trinajstić information content (AvgIpc) is 2.67. The molecule has 27 heavy (non-hydrogen) atoms. The molecule has 7 heteroatoms. The van der Waals surface area contributed by atoms with Gasteiger partial charge in [0.25, 0.3) is 0 Å². The molecule has 3 N–H and O–H groups in total. The minimum atomic E-state index is -0.284. The first-order valence-electron chi connectivity index (χ1n) is 9.56. The molecule has 3 amide bonds. The fraction of sp³-hybridized carbons (Fsp3) is 0.600. The summed E-state index contributed by atoms with van der Waals surface area (Å²) in [6, 6.07) is 7.11. The van der Waals surface area contributed by atoms with Crippen LogP contribution >= 0.6 is 0 Å². The van der Waals surface area contributed by atoms with Crippen LogP contribution in [0.15, 0.2) is 24.3 Å². The van der Waals surface area contributed by atoms with E-state index in [2.05, 4.69) is 16.0 Å². The molecule has 1 aliphatic rings. The van der Waals surface area contributed by atoms with E-state index in [0.29, 0.717) is 26.2 Å². The van der Waals surface area contributed by atoms with Gasteiger partial charge in [0.2, 0.25) is 5.91 Å². The Morgan fingerprint density at radius 1 is 1.22 bits per heavy atom. The Morgan fingerprint density at radius 2 is 2.00 bits per heavy atom. The Labute approximate surface area is 161 Å². The van der Waals surface area contributed by atoms with Crippen LogP contribution in [-0.4, -0.2) is 51.0 Å². The highest BCUT2D eigenvalue weighted by Gasteiger charge is 2.34. The van der Waals surface area contributed by atoms with E-state index in [9.17, 15) is 9.59 Å². The number of para-hydroxylation sites is 1. The summed E-state index contributed by atoms with van der Waals surface area (Å²) in [4.78, 5) is 24.8. The first-order chi connectivity index (χ1) is 13.0. The predicted molar refractivity (Wildman–Crippen MR) is 105 cm³/mol. The van der Waals surface area contributed by atoms with E-state index in [1.165, 1.54) is 0 Å². The molecule has 0 bridgehead atoms. The number of ether oxygens (including phenoxy) is 2. The lowest BCUT2D eigenvalue weighted by Gasteiger charge is -2.35. The van der Waals surface area contributed by atoms with E-state index < -0.39 is 0 Å². The number of aryl methyl sites for hydroxylation is 1. The second kappa shape index (κ2) is 10.9. The molecule has 0 aromatic heterocycles. The number of benzene rings is 1. The fourth-order valence-electron chi connectivity index (χ4n) is 3.39. The van der Waals surface area contributed by atoms with Crippen LogP contribution in [0.4, 0.5) is 10.5 Å². The summed E-state index contributed by atoms with van der Waals surface area (Å²) < 4.78 is 10.8. The zero-order chi connectivity index (χ0) is 19.6. The molecule has 0 unspecified atom stereocenters. The van der Waals surface area contributed by atoms with Crippen molar-refractivity contribution in [1.29, 1.82) is 0 Å². The summed E-state index contributed by atoms with van der Waals surface area (Å²) in [6.45, 7) is 5.51. The minimum absolute atomic E-state index is 0.00960. The first-order valence-corrected chi connectivity index (χ1v) is 9.56. The highest BCUT2D eigenvalue weighted by Crippen LogP contribution is 2.27. The molecule has 0 saturated heterocycles. The van der Waals surface area contributed by atoms with Gasteiger partial charge in [0.05, 0.1) is 18.8 Å². The van der Waals surface area contributed by atoms with E-state index in [1.54, 1.807) is 7.11 Å². The van der Waals surface area contributed by atoms with Crippen molar-refractivity contribution in [3.05, 3.63) is 29.8 Å². The lowest BCUT2D eigenvalue weighted by molar-refractivity contribution is -0.127. The van der Waals surface area contributed by atoms with Gasteiger partial charge in [-0.1, -0.05) is 18.2 Å². The van der Waals surface area contributed by atoms with Crippen LogP contribution in [0.25, 0.3) is 0 Å². The van der Waals surface area contributed by atoms with Crippen molar-refractivity contribution in [2.75, 3.05) is 32.2 Å². The van der Waals surface area contributed by atoms with Crippen molar-refractivity contribution < 1.29 is 19.1 Å². The van der Waals surface area contributed by atoms with Gasteiger partial charge >= 0.3 is 6.03 Å². The maximum Gasteiger partial charge on any atom is 0.319 e. The Hall–Kier alpha value is -2.12. The van der Waals surface area contributed by atoms with Crippen molar-refractivity contribution in [2.45, 2.75) is 45.3 Å². The largest absolute Gasteiger partial charge is 0.380 e. The van der Waals surface area contributed by atoms with E-state index in [4.69, 9.17) is 9.47 Å². The van der Waals surface area contributed by atoms with E-state index in [-0.39, 0.29) is 30.0 Å². The number of carbonyl (C=O) groups is 2. The topological polar surface area (TPSA) is 88.7 Å². The molecule has 1 aromatic rings. The van der Waals surface area contributed by atoms with Gasteiger partial charge < -0.3 is 25.4 Å². The van der Waals surface area contributed by atoms with Gasteiger partial charge in [-0.15, -0.1) is 0 Å². The van der Waals surface area contributed by atoms with Crippen LogP contribution in [0.3, 0.4) is 0 Å². The summed E-state index contributed by atoms with van der Waals surface area (Å²) in [5.41, 5.74) is 1.76. The summed E-state index contributed by atoms with van der Waals surface area (Å²) in [7, 11) is 1.64. The quantitative estimate of drug-likeness (QED) is 0.607. The third kappa shape index (κ3) is 6.52. The molecule has 150 valence electrons. The molecule has 7 nitrogen and oxygen atoms in total. The number of urea groups is 1. The molecular formula is C20H31N3O4. The molecule has 0 spiro atoms. The fourth-order valence-corrected chi connectivity index (χ4v) is 3.39. The van der Waals surface area contributed by atoms with Gasteiger partial charge in [0.15, 0.2) is 0 Å². The van der Waals surface area contributed by atoms with Crippen molar-refractivity contribution in [1.82, 2.24) is 10.6 Å². The predicted octanol–water partition coefficient (Wildman–Crippen LogP) is 2.45. The molecule has 0 radical (unpaired) electrons. The van der Waals surface area contributed by atoms with Crippen molar-refractivity contribution in [3.63, 3.8) is 0 Å². The smallest absolute Gasteiger partial charge is 0.319 e. The zero-order valence-corrected chi connectivity index (χ0v) is 16.4. The maximum absolute atomic E-state index is 12.4. The van der Waals surface area contributed by atoms with Crippen molar-refractivity contribution in [2.24, 2.45) is 5.92 Å². The molecule has 2 rings (SSSR count). The van der Waals surface area contributed by atoms with Crippen LogP contribution < -0.4 is 16.0 Å².